The molecule has 6 atom stereocenters. The predicted octanol–water partition coefficient (Wildman–Crippen LogP) is 3.01. The normalized spacial score (nSPS) is 17.0. The van der Waals surface area contributed by atoms with Crippen LogP contribution >= 0.6 is 0 Å². The Balaban J connectivity index is 5.25. The molecule has 8 heteroatoms. The maximum Gasteiger partial charge on any atom is 0.240 e. The minimum absolute atomic E-state index is 0.161. The van der Waals surface area contributed by atoms with Crippen molar-refractivity contribution in [3.8, 4) is 12.1 Å². The van der Waals surface area contributed by atoms with Gasteiger partial charge in [0.25, 0.3) is 0 Å². The van der Waals surface area contributed by atoms with Crippen LogP contribution < -0.4 is 0 Å². The molecule has 0 spiro atoms. The summed E-state index contributed by atoms with van der Waals surface area (Å²) in [6.45, 7) is 21.9. The smallest absolute Gasteiger partial charge is 0.240 e. The van der Waals surface area contributed by atoms with Crippen LogP contribution in [0.5, 0.6) is 0 Å². The molecular weight excluding hydrogens is 360 g/mol. The van der Waals surface area contributed by atoms with E-state index < -0.39 is 12.2 Å². The standard InChI is InChI=1S/C20H30N4O4/c1-15(7-9-21)25-13-19(27-16(2)8-10-22)20(28-18(4)12-24-6)14-26-17(3)11-23-5/h15-20H,7-8,11-14H2,1-4H3. The average Bonchev–Trinajstić information content (AvgIpc) is 2.63. The molecule has 0 saturated heterocycles. The largest absolute Gasteiger partial charge is 0.375 e. The average molecular weight is 390 g/mol. The molecule has 0 rings (SSSR count). The monoisotopic (exact) mass is 390 g/mol. The summed E-state index contributed by atoms with van der Waals surface area (Å²) in [5, 5.41) is 17.7. The van der Waals surface area contributed by atoms with Crippen LogP contribution in [0.1, 0.15) is 40.5 Å². The van der Waals surface area contributed by atoms with Gasteiger partial charge >= 0.3 is 0 Å². The van der Waals surface area contributed by atoms with E-state index in [1.165, 1.54) is 0 Å². The fraction of sp³-hybridized carbons (Fsp3) is 0.800. The maximum absolute atomic E-state index is 8.91. The molecule has 0 amide bonds. The highest BCUT2D eigenvalue weighted by Gasteiger charge is 2.29. The van der Waals surface area contributed by atoms with Crippen LogP contribution in [0.15, 0.2) is 0 Å². The van der Waals surface area contributed by atoms with Crippen molar-refractivity contribution in [1.82, 2.24) is 0 Å². The third-order valence-corrected chi connectivity index (χ3v) is 3.77. The zero-order valence-electron chi connectivity index (χ0n) is 17.1. The van der Waals surface area contributed by atoms with Crippen molar-refractivity contribution in [1.29, 1.82) is 10.5 Å². The molecule has 0 fully saturated rings. The van der Waals surface area contributed by atoms with Gasteiger partial charge in [-0.25, -0.2) is 13.1 Å². The van der Waals surface area contributed by atoms with E-state index in [-0.39, 0.29) is 63.6 Å². The Morgan fingerprint density at radius 3 is 1.64 bits per heavy atom. The molecule has 0 N–H and O–H groups in total. The summed E-state index contributed by atoms with van der Waals surface area (Å²) >= 11 is 0. The van der Waals surface area contributed by atoms with Gasteiger partial charge in [0, 0.05) is 0 Å². The van der Waals surface area contributed by atoms with E-state index in [2.05, 4.69) is 21.8 Å². The number of hydrogen-bond acceptors (Lipinski definition) is 6. The second-order valence-electron chi connectivity index (χ2n) is 6.66. The van der Waals surface area contributed by atoms with Gasteiger partial charge in [0.2, 0.25) is 13.1 Å². The molecule has 0 bridgehead atoms. The minimum atomic E-state index is -0.544. The van der Waals surface area contributed by atoms with E-state index in [1.54, 1.807) is 27.7 Å². The number of hydrogen-bond donors (Lipinski definition) is 0. The summed E-state index contributed by atoms with van der Waals surface area (Å²) in [6, 6.07) is 4.13. The number of nitrogens with zero attached hydrogens (tertiary/aromatic N) is 4. The zero-order chi connectivity index (χ0) is 21.4. The lowest BCUT2D eigenvalue weighted by atomic mass is 10.2. The number of rotatable bonds is 15. The van der Waals surface area contributed by atoms with Crippen molar-refractivity contribution in [2.75, 3.05) is 26.3 Å². The van der Waals surface area contributed by atoms with Crippen LogP contribution in [-0.2, 0) is 18.9 Å². The lowest BCUT2D eigenvalue weighted by Gasteiger charge is -2.31. The highest BCUT2D eigenvalue weighted by molar-refractivity contribution is 4.81. The molecule has 0 saturated carbocycles. The highest BCUT2D eigenvalue weighted by Crippen LogP contribution is 2.15. The molecule has 6 unspecified atom stereocenters. The molecule has 0 aromatic rings. The third kappa shape index (κ3) is 12.2. The van der Waals surface area contributed by atoms with Crippen molar-refractivity contribution in [2.24, 2.45) is 0 Å². The van der Waals surface area contributed by atoms with Crippen LogP contribution in [0.3, 0.4) is 0 Å². The summed E-state index contributed by atoms with van der Waals surface area (Å²) < 4.78 is 23.4. The zero-order valence-corrected chi connectivity index (χ0v) is 17.1. The Hall–Kier alpha value is -2.20. The predicted molar refractivity (Wildman–Crippen MR) is 103 cm³/mol. The minimum Gasteiger partial charge on any atom is -0.375 e. The molecule has 8 nitrogen and oxygen atoms in total. The molecule has 0 aliphatic carbocycles. The Labute approximate surface area is 168 Å². The Morgan fingerprint density at radius 1 is 0.714 bits per heavy atom. The van der Waals surface area contributed by atoms with Gasteiger partial charge in [0.1, 0.15) is 24.4 Å². The fourth-order valence-corrected chi connectivity index (χ4v) is 2.30. The Kier molecular flexibility index (Phi) is 14.6. The van der Waals surface area contributed by atoms with Crippen molar-refractivity contribution >= 4 is 0 Å². The first kappa shape index (κ1) is 25.8. The van der Waals surface area contributed by atoms with Gasteiger partial charge in [-0.15, -0.1) is 0 Å². The van der Waals surface area contributed by atoms with E-state index in [4.69, 9.17) is 42.6 Å². The molecule has 0 heterocycles. The Morgan fingerprint density at radius 2 is 1.14 bits per heavy atom. The SMILES string of the molecule is [C-]#[N+]CC(C)OCC(OC(C)C[N+]#[C-])C(COC(C)CC#N)OC(C)CC#N. The van der Waals surface area contributed by atoms with Crippen LogP contribution in [0.2, 0.25) is 0 Å². The van der Waals surface area contributed by atoms with Crippen molar-refractivity contribution in [3.63, 3.8) is 0 Å². The van der Waals surface area contributed by atoms with Crippen LogP contribution in [0.4, 0.5) is 0 Å². The van der Waals surface area contributed by atoms with Gasteiger partial charge in [-0.2, -0.15) is 10.5 Å². The maximum atomic E-state index is 8.91. The summed E-state index contributed by atoms with van der Waals surface area (Å²) in [5.41, 5.74) is 0. The molecule has 0 radical (unpaired) electrons. The van der Waals surface area contributed by atoms with Gasteiger partial charge in [-0.05, 0) is 27.7 Å². The van der Waals surface area contributed by atoms with E-state index in [1.807, 2.05) is 0 Å². The lowest BCUT2D eigenvalue weighted by Crippen LogP contribution is -2.44. The number of nitriles is 2. The fourth-order valence-electron chi connectivity index (χ4n) is 2.30. The molecule has 0 aromatic carbocycles. The van der Waals surface area contributed by atoms with Gasteiger partial charge in [-0.1, -0.05) is 0 Å². The quantitative estimate of drug-likeness (QED) is 0.399. The van der Waals surface area contributed by atoms with E-state index in [0.29, 0.717) is 0 Å². The second-order valence-corrected chi connectivity index (χ2v) is 6.66. The lowest BCUT2D eigenvalue weighted by molar-refractivity contribution is -0.164. The summed E-state index contributed by atoms with van der Waals surface area (Å²) in [5.74, 6) is 0. The van der Waals surface area contributed by atoms with Crippen molar-refractivity contribution < 1.29 is 18.9 Å². The van der Waals surface area contributed by atoms with Crippen molar-refractivity contribution in [3.05, 3.63) is 22.8 Å². The van der Waals surface area contributed by atoms with E-state index in [0.717, 1.165) is 0 Å². The molecule has 28 heavy (non-hydrogen) atoms. The first-order valence-electron chi connectivity index (χ1n) is 9.32. The highest BCUT2D eigenvalue weighted by atomic mass is 16.6. The molecule has 0 aliphatic heterocycles. The van der Waals surface area contributed by atoms with Crippen LogP contribution in [-0.4, -0.2) is 62.9 Å². The van der Waals surface area contributed by atoms with E-state index >= 15 is 0 Å². The summed E-state index contributed by atoms with van der Waals surface area (Å²) in [7, 11) is 0. The first-order chi connectivity index (χ1) is 13.4. The molecular formula is C20H30N4O4. The molecule has 0 aromatic heterocycles. The van der Waals surface area contributed by atoms with Crippen LogP contribution in [0, 0.1) is 35.8 Å². The first-order valence-corrected chi connectivity index (χ1v) is 9.32. The van der Waals surface area contributed by atoms with Crippen LogP contribution in [0.25, 0.3) is 9.69 Å². The van der Waals surface area contributed by atoms with Gasteiger partial charge in [0.15, 0.2) is 0 Å². The van der Waals surface area contributed by atoms with Gasteiger partial charge < -0.3 is 28.6 Å². The molecule has 154 valence electrons. The Bertz CT molecular complexity index is 535. The number of ether oxygens (including phenoxy) is 4. The summed E-state index contributed by atoms with van der Waals surface area (Å²) in [4.78, 5) is 6.68. The topological polar surface area (TPSA) is 93.2 Å². The molecule has 0 aliphatic rings. The van der Waals surface area contributed by atoms with Gasteiger partial charge in [0.05, 0.1) is 50.4 Å². The summed E-state index contributed by atoms with van der Waals surface area (Å²) in [6.07, 6.45) is -1.84. The van der Waals surface area contributed by atoms with Crippen molar-refractivity contribution in [2.45, 2.75) is 77.2 Å². The second kappa shape index (κ2) is 15.8. The van der Waals surface area contributed by atoms with Gasteiger partial charge in [-0.3, -0.25) is 0 Å². The van der Waals surface area contributed by atoms with E-state index in [9.17, 15) is 0 Å². The third-order valence-electron chi connectivity index (χ3n) is 3.77.